The number of rotatable bonds is 5. The molecule has 26 heavy (non-hydrogen) atoms. The molecular weight excluding hydrogens is 324 g/mol. The van der Waals surface area contributed by atoms with Crippen LogP contribution in [0.3, 0.4) is 0 Å². The number of benzene rings is 2. The molecule has 0 saturated carbocycles. The third-order valence-electron chi connectivity index (χ3n) is 4.71. The number of fused-ring (bicyclic) bond motifs is 1. The highest BCUT2D eigenvalue weighted by molar-refractivity contribution is 5.98. The quantitative estimate of drug-likeness (QED) is 0.567. The molecule has 0 fully saturated rings. The number of nitrogens with one attached hydrogen (secondary N) is 2. The van der Waals surface area contributed by atoms with Crippen molar-refractivity contribution in [3.63, 3.8) is 0 Å². The number of hydrogen-bond acceptors (Lipinski definition) is 2. The zero-order valence-electron chi connectivity index (χ0n) is 14.5. The number of hydrogen-bond donors (Lipinski definition) is 2. The molecule has 0 spiro atoms. The van der Waals surface area contributed by atoms with Crippen LogP contribution in [0, 0.1) is 0 Å². The third-order valence-corrected chi connectivity index (χ3v) is 4.71. The summed E-state index contributed by atoms with van der Waals surface area (Å²) in [5.41, 5.74) is 3.71. The van der Waals surface area contributed by atoms with Gasteiger partial charge in [0.2, 0.25) is 0 Å². The molecule has 0 aliphatic rings. The van der Waals surface area contributed by atoms with E-state index in [0.717, 1.165) is 22.2 Å². The van der Waals surface area contributed by atoms with E-state index >= 15 is 0 Å². The van der Waals surface area contributed by atoms with E-state index in [1.165, 1.54) is 0 Å². The second-order valence-electron chi connectivity index (χ2n) is 6.38. The summed E-state index contributed by atoms with van der Waals surface area (Å²) < 4.78 is 0. The first-order valence-electron chi connectivity index (χ1n) is 8.62. The molecular formula is C21H20N4O. The van der Waals surface area contributed by atoms with Crippen LogP contribution in [0.1, 0.15) is 34.6 Å². The molecule has 1 unspecified atom stereocenters. The average Bonchev–Trinajstić information content (AvgIpc) is 3.36. The van der Waals surface area contributed by atoms with Gasteiger partial charge in [0.05, 0.1) is 24.6 Å². The van der Waals surface area contributed by atoms with Gasteiger partial charge < -0.3 is 14.9 Å². The molecule has 5 nitrogen and oxygen atoms in total. The lowest BCUT2D eigenvalue weighted by atomic mass is 10.0. The van der Waals surface area contributed by atoms with Crippen molar-refractivity contribution in [2.45, 2.75) is 19.5 Å². The molecule has 0 aliphatic heterocycles. The molecule has 4 rings (SSSR count). The number of amides is 1. The fraction of sp³-hybridized carbons (Fsp3) is 0.143. The summed E-state index contributed by atoms with van der Waals surface area (Å²) >= 11 is 0. The second-order valence-corrected chi connectivity index (χ2v) is 6.38. The van der Waals surface area contributed by atoms with Crippen LogP contribution >= 0.6 is 0 Å². The van der Waals surface area contributed by atoms with Crippen LogP contribution in [-0.2, 0) is 6.54 Å². The van der Waals surface area contributed by atoms with E-state index in [1.54, 1.807) is 12.5 Å². The zero-order valence-corrected chi connectivity index (χ0v) is 14.5. The number of aromatic nitrogens is 3. The molecule has 2 heterocycles. The Balaban J connectivity index is 1.69. The van der Waals surface area contributed by atoms with Crippen molar-refractivity contribution in [2.75, 3.05) is 0 Å². The number of imidazole rings is 1. The molecule has 2 aromatic carbocycles. The lowest BCUT2D eigenvalue weighted by Gasteiger charge is -2.29. The van der Waals surface area contributed by atoms with E-state index < -0.39 is 0 Å². The monoisotopic (exact) mass is 344 g/mol. The van der Waals surface area contributed by atoms with Crippen molar-refractivity contribution < 1.29 is 4.79 Å². The van der Waals surface area contributed by atoms with Crippen molar-refractivity contribution in [3.05, 3.63) is 90.1 Å². The maximum absolute atomic E-state index is 13.3. The van der Waals surface area contributed by atoms with Crippen LogP contribution in [0.15, 0.2) is 73.3 Å². The highest BCUT2D eigenvalue weighted by Crippen LogP contribution is 2.25. The Hall–Kier alpha value is -3.34. The summed E-state index contributed by atoms with van der Waals surface area (Å²) in [4.78, 5) is 25.5. The molecule has 0 aliphatic carbocycles. The van der Waals surface area contributed by atoms with Gasteiger partial charge in [0.1, 0.15) is 0 Å². The summed E-state index contributed by atoms with van der Waals surface area (Å²) in [6.45, 7) is 2.53. The molecule has 0 radical (unpaired) electrons. The van der Waals surface area contributed by atoms with Gasteiger partial charge >= 0.3 is 0 Å². The molecule has 2 aromatic heterocycles. The highest BCUT2D eigenvalue weighted by Gasteiger charge is 2.23. The van der Waals surface area contributed by atoms with Crippen molar-refractivity contribution in [3.8, 4) is 0 Å². The van der Waals surface area contributed by atoms with Crippen LogP contribution in [0.5, 0.6) is 0 Å². The third kappa shape index (κ3) is 3.11. The molecule has 1 amide bonds. The van der Waals surface area contributed by atoms with Gasteiger partial charge in [-0.2, -0.15) is 0 Å². The van der Waals surface area contributed by atoms with Crippen molar-refractivity contribution in [1.29, 1.82) is 0 Å². The Bertz CT molecular complexity index is 1000. The van der Waals surface area contributed by atoms with Gasteiger partial charge in [-0.3, -0.25) is 4.79 Å². The topological polar surface area (TPSA) is 64.8 Å². The first-order valence-corrected chi connectivity index (χ1v) is 8.62. The molecule has 0 saturated heterocycles. The van der Waals surface area contributed by atoms with Gasteiger partial charge in [0, 0.05) is 28.9 Å². The predicted octanol–water partition coefficient (Wildman–Crippen LogP) is 4.29. The fourth-order valence-electron chi connectivity index (χ4n) is 3.20. The number of carbonyl (C=O) groups is 1. The predicted molar refractivity (Wildman–Crippen MR) is 102 cm³/mol. The largest absolute Gasteiger partial charge is 0.361 e. The Kier molecular flexibility index (Phi) is 4.27. The van der Waals surface area contributed by atoms with E-state index in [4.69, 9.17) is 0 Å². The average molecular weight is 344 g/mol. The van der Waals surface area contributed by atoms with Gasteiger partial charge in [-0.25, -0.2) is 4.98 Å². The van der Waals surface area contributed by atoms with E-state index in [-0.39, 0.29) is 11.9 Å². The van der Waals surface area contributed by atoms with Crippen molar-refractivity contribution >= 4 is 16.8 Å². The molecule has 130 valence electrons. The first-order chi connectivity index (χ1) is 12.7. The minimum atomic E-state index is -0.0612. The SMILES string of the molecule is CC(c1ccccc1)N(Cc1cnc[nH]1)C(=O)c1ccc2[nH]ccc2c1. The van der Waals surface area contributed by atoms with E-state index in [1.807, 2.05) is 65.7 Å². The summed E-state index contributed by atoms with van der Waals surface area (Å²) in [7, 11) is 0. The minimum Gasteiger partial charge on any atom is -0.361 e. The standard InChI is InChI=1S/C21H20N4O/c1-15(16-5-3-2-4-6-16)25(13-19-12-22-14-24-19)21(26)18-7-8-20-17(11-18)9-10-23-20/h2-12,14-15,23H,13H2,1H3,(H,22,24). The first kappa shape index (κ1) is 16.1. The van der Waals surface area contributed by atoms with Gasteiger partial charge in [0.25, 0.3) is 5.91 Å². The summed E-state index contributed by atoms with van der Waals surface area (Å²) in [6, 6.07) is 17.7. The Morgan fingerprint density at radius 1 is 1.12 bits per heavy atom. The van der Waals surface area contributed by atoms with Gasteiger partial charge in [0.15, 0.2) is 0 Å². The summed E-state index contributed by atoms with van der Waals surface area (Å²) in [5.74, 6) is -0.000877. The second kappa shape index (κ2) is 6.88. The molecule has 0 bridgehead atoms. The molecule has 5 heteroatoms. The molecule has 4 aromatic rings. The molecule has 2 N–H and O–H groups in total. The van der Waals surface area contributed by atoms with Crippen LogP contribution in [0.25, 0.3) is 10.9 Å². The maximum Gasteiger partial charge on any atom is 0.254 e. The number of H-pyrrole nitrogens is 2. The summed E-state index contributed by atoms with van der Waals surface area (Å²) in [6.07, 6.45) is 5.28. The van der Waals surface area contributed by atoms with Gasteiger partial charge in [-0.1, -0.05) is 30.3 Å². The lowest BCUT2D eigenvalue weighted by Crippen LogP contribution is -2.33. The number of aromatic amines is 2. The smallest absolute Gasteiger partial charge is 0.254 e. The fourth-order valence-corrected chi connectivity index (χ4v) is 3.20. The Morgan fingerprint density at radius 2 is 1.96 bits per heavy atom. The number of nitrogens with zero attached hydrogens (tertiary/aromatic N) is 2. The number of carbonyl (C=O) groups excluding carboxylic acids is 1. The minimum absolute atomic E-state index is 0.000877. The van der Waals surface area contributed by atoms with Crippen molar-refractivity contribution in [2.24, 2.45) is 0 Å². The van der Waals surface area contributed by atoms with E-state index in [2.05, 4.69) is 21.9 Å². The van der Waals surface area contributed by atoms with Gasteiger partial charge in [-0.05, 0) is 36.8 Å². The van der Waals surface area contributed by atoms with Crippen molar-refractivity contribution in [1.82, 2.24) is 19.9 Å². The maximum atomic E-state index is 13.3. The van der Waals surface area contributed by atoms with E-state index in [9.17, 15) is 4.79 Å². The van der Waals surface area contributed by atoms with Gasteiger partial charge in [-0.15, -0.1) is 0 Å². The van der Waals surface area contributed by atoms with E-state index in [0.29, 0.717) is 12.1 Å². The Morgan fingerprint density at radius 3 is 2.73 bits per heavy atom. The lowest BCUT2D eigenvalue weighted by molar-refractivity contribution is 0.0672. The summed E-state index contributed by atoms with van der Waals surface area (Å²) in [5, 5.41) is 1.03. The van der Waals surface area contributed by atoms with Crippen LogP contribution in [-0.4, -0.2) is 25.8 Å². The van der Waals surface area contributed by atoms with Crippen LogP contribution in [0.2, 0.25) is 0 Å². The zero-order chi connectivity index (χ0) is 17.9. The normalized spacial score (nSPS) is 12.2. The Labute approximate surface area is 151 Å². The molecule has 1 atom stereocenters. The van der Waals surface area contributed by atoms with Crippen LogP contribution in [0.4, 0.5) is 0 Å². The highest BCUT2D eigenvalue weighted by atomic mass is 16.2. The van der Waals surface area contributed by atoms with Crippen LogP contribution < -0.4 is 0 Å².